The Morgan fingerprint density at radius 3 is 2.47 bits per heavy atom. The summed E-state index contributed by atoms with van der Waals surface area (Å²) >= 11 is 0. The molecular weight excluding hydrogens is 476 g/mol. The van der Waals surface area contributed by atoms with Gasteiger partial charge in [0, 0.05) is 18.8 Å². The van der Waals surface area contributed by atoms with Crippen molar-refractivity contribution in [3.8, 4) is 0 Å². The molecule has 36 heavy (non-hydrogen) atoms. The molecule has 0 unspecified atom stereocenters. The first kappa shape index (κ1) is 23.5. The van der Waals surface area contributed by atoms with Crippen molar-refractivity contribution in [2.45, 2.75) is 87.9 Å². The van der Waals surface area contributed by atoms with Gasteiger partial charge in [-0.15, -0.1) is 0 Å². The van der Waals surface area contributed by atoms with Crippen molar-refractivity contribution in [1.29, 1.82) is 0 Å². The van der Waals surface area contributed by atoms with Gasteiger partial charge in [0.2, 0.25) is 11.9 Å². The fraction of sp³-hybridized carbons (Fsp3) is 0.577. The number of rotatable bonds is 6. The van der Waals surface area contributed by atoms with E-state index in [4.69, 9.17) is 9.98 Å². The van der Waals surface area contributed by atoms with Crippen molar-refractivity contribution in [3.63, 3.8) is 0 Å². The molecule has 1 N–H and O–H groups in total. The zero-order chi connectivity index (χ0) is 25.0. The molecule has 2 aromatic rings. The van der Waals surface area contributed by atoms with E-state index in [2.05, 4.69) is 10.2 Å². The Labute approximate surface area is 212 Å². The third kappa shape index (κ3) is 3.90. The van der Waals surface area contributed by atoms with Crippen LogP contribution in [-0.4, -0.2) is 65.7 Å². The molecule has 6 rings (SSSR count). The fourth-order valence-electron chi connectivity index (χ4n) is 6.22. The Balaban J connectivity index is 1.44. The molecule has 4 aliphatic rings. The lowest BCUT2D eigenvalue weighted by molar-refractivity contribution is 0.0836. The molecule has 1 amide bonds. The van der Waals surface area contributed by atoms with Gasteiger partial charge >= 0.3 is 0 Å². The van der Waals surface area contributed by atoms with E-state index in [0.717, 1.165) is 43.6 Å². The quantitative estimate of drug-likeness (QED) is 0.637. The van der Waals surface area contributed by atoms with Gasteiger partial charge in [-0.2, -0.15) is 4.98 Å². The van der Waals surface area contributed by atoms with Crippen LogP contribution in [0.1, 0.15) is 74.3 Å². The number of amides is 1. The number of carbonyl (C=O) groups excluding carboxylic acids is 1. The summed E-state index contributed by atoms with van der Waals surface area (Å²) in [5.41, 5.74) is 1.51. The van der Waals surface area contributed by atoms with E-state index in [-0.39, 0.29) is 22.9 Å². The number of fused-ring (bicyclic) bond motifs is 5. The van der Waals surface area contributed by atoms with Crippen molar-refractivity contribution >= 4 is 33.5 Å². The molecule has 2 aliphatic heterocycles. The number of nitrogens with zero attached hydrogens (tertiary/aromatic N) is 5. The van der Waals surface area contributed by atoms with Gasteiger partial charge < -0.3 is 5.32 Å². The Kier molecular flexibility index (Phi) is 5.81. The maximum atomic E-state index is 13.9. The highest BCUT2D eigenvalue weighted by molar-refractivity contribution is 7.90. The number of sulfone groups is 1. The lowest BCUT2D eigenvalue weighted by Gasteiger charge is -2.35. The average Bonchev–Trinajstić information content (AvgIpc) is 3.54. The van der Waals surface area contributed by atoms with Crippen molar-refractivity contribution in [2.24, 2.45) is 4.99 Å². The van der Waals surface area contributed by atoms with Gasteiger partial charge in [0.1, 0.15) is 0 Å². The van der Waals surface area contributed by atoms with Crippen LogP contribution in [-0.2, 0) is 16.4 Å². The van der Waals surface area contributed by atoms with Gasteiger partial charge in [0.05, 0.1) is 23.5 Å². The smallest absolute Gasteiger partial charge is 0.281 e. The molecule has 2 saturated carbocycles. The van der Waals surface area contributed by atoms with Gasteiger partial charge in [-0.25, -0.2) is 13.4 Å². The summed E-state index contributed by atoms with van der Waals surface area (Å²) in [5, 5.41) is 3.67. The number of benzene rings is 1. The molecule has 2 fully saturated rings. The second-order valence-corrected chi connectivity index (χ2v) is 12.5. The molecule has 192 valence electrons. The van der Waals surface area contributed by atoms with Gasteiger partial charge in [0.25, 0.3) is 5.91 Å². The Morgan fingerprint density at radius 2 is 1.78 bits per heavy atom. The zero-order valence-electron chi connectivity index (χ0n) is 21.0. The van der Waals surface area contributed by atoms with E-state index in [1.54, 1.807) is 17.0 Å². The van der Waals surface area contributed by atoms with Crippen LogP contribution in [0.5, 0.6) is 0 Å². The molecule has 0 radical (unpaired) electrons. The highest BCUT2D eigenvalue weighted by atomic mass is 32.2. The number of aliphatic imine (C=N–C) groups is 1. The molecular formula is C26H34N6O3S. The van der Waals surface area contributed by atoms with Gasteiger partial charge in [-0.3, -0.25) is 19.2 Å². The number of carbonyl (C=O) groups is 1. The number of hydrogen-bond acceptors (Lipinski definition) is 7. The van der Waals surface area contributed by atoms with Crippen LogP contribution in [0.25, 0.3) is 0 Å². The molecule has 0 bridgehead atoms. The fourth-order valence-corrected chi connectivity index (χ4v) is 6.85. The van der Waals surface area contributed by atoms with Crippen LogP contribution < -0.4 is 10.2 Å². The van der Waals surface area contributed by atoms with E-state index in [1.807, 2.05) is 23.6 Å². The first-order valence-electron chi connectivity index (χ1n) is 13.2. The van der Waals surface area contributed by atoms with Crippen LogP contribution in [0.3, 0.4) is 0 Å². The lowest BCUT2D eigenvalue weighted by atomic mass is 9.96. The number of nitrogens with one attached hydrogen (secondary N) is 1. The minimum Gasteiger partial charge on any atom is -0.353 e. The summed E-state index contributed by atoms with van der Waals surface area (Å²) in [6.45, 7) is 2.97. The van der Waals surface area contributed by atoms with Crippen molar-refractivity contribution in [3.05, 3.63) is 35.5 Å². The van der Waals surface area contributed by atoms with E-state index < -0.39 is 9.84 Å². The maximum absolute atomic E-state index is 13.9. The van der Waals surface area contributed by atoms with E-state index in [9.17, 15) is 13.2 Å². The third-order valence-corrected chi connectivity index (χ3v) is 9.21. The summed E-state index contributed by atoms with van der Waals surface area (Å²) in [5.74, 6) is 2.10. The standard InChI is InChI=1S/C26H34N6O3S/c1-3-30-24(33)22-23(32-21-11-7-10-20(21)28-26(30)32)29-25(27-18-8-5-4-6-9-18)31(22)16-17-12-14-19(15-13-17)36(2,34)35/h12-15,18,20-21H,3-11,16H2,1-2H3,(H,27,29)/t20-,21+/m1/s1. The van der Waals surface area contributed by atoms with Crippen molar-refractivity contribution < 1.29 is 13.2 Å². The zero-order valence-corrected chi connectivity index (χ0v) is 21.8. The Hall–Kier alpha value is -2.88. The van der Waals surface area contributed by atoms with Crippen LogP contribution in [0.4, 0.5) is 11.8 Å². The lowest BCUT2D eigenvalue weighted by Crippen LogP contribution is -2.53. The minimum absolute atomic E-state index is 0.0700. The summed E-state index contributed by atoms with van der Waals surface area (Å²) in [6.07, 6.45) is 10.3. The van der Waals surface area contributed by atoms with Crippen LogP contribution >= 0.6 is 0 Å². The Bertz CT molecular complexity index is 1310. The first-order valence-corrected chi connectivity index (χ1v) is 15.1. The first-order chi connectivity index (χ1) is 17.3. The van der Waals surface area contributed by atoms with Gasteiger partial charge in [-0.1, -0.05) is 31.4 Å². The number of aromatic nitrogens is 2. The monoisotopic (exact) mass is 510 g/mol. The summed E-state index contributed by atoms with van der Waals surface area (Å²) in [6, 6.07) is 7.73. The molecule has 0 spiro atoms. The summed E-state index contributed by atoms with van der Waals surface area (Å²) < 4.78 is 25.9. The van der Waals surface area contributed by atoms with Crippen LogP contribution in [0.15, 0.2) is 34.2 Å². The number of anilines is 2. The second kappa shape index (κ2) is 8.90. The van der Waals surface area contributed by atoms with Crippen LogP contribution in [0.2, 0.25) is 0 Å². The largest absolute Gasteiger partial charge is 0.353 e. The Morgan fingerprint density at radius 1 is 1.03 bits per heavy atom. The molecule has 3 heterocycles. The number of imidazole rings is 1. The molecule has 1 aromatic heterocycles. The topological polar surface area (TPSA) is 99.9 Å². The number of hydrogen-bond donors (Lipinski definition) is 1. The molecule has 2 aliphatic carbocycles. The van der Waals surface area contributed by atoms with E-state index >= 15 is 0 Å². The summed E-state index contributed by atoms with van der Waals surface area (Å²) in [7, 11) is -3.27. The maximum Gasteiger partial charge on any atom is 0.281 e. The highest BCUT2D eigenvalue weighted by Gasteiger charge is 2.49. The minimum atomic E-state index is -3.27. The molecule has 10 heteroatoms. The molecule has 2 atom stereocenters. The average molecular weight is 511 g/mol. The van der Waals surface area contributed by atoms with E-state index in [0.29, 0.717) is 36.6 Å². The van der Waals surface area contributed by atoms with Crippen LogP contribution in [0, 0.1) is 0 Å². The van der Waals surface area contributed by atoms with Gasteiger partial charge in [0.15, 0.2) is 21.3 Å². The van der Waals surface area contributed by atoms with Crippen molar-refractivity contribution in [1.82, 2.24) is 14.5 Å². The van der Waals surface area contributed by atoms with E-state index in [1.165, 1.54) is 25.5 Å². The highest BCUT2D eigenvalue weighted by Crippen LogP contribution is 2.42. The van der Waals surface area contributed by atoms with Gasteiger partial charge in [-0.05, 0) is 56.7 Å². The third-order valence-electron chi connectivity index (χ3n) is 8.09. The normalized spacial score (nSPS) is 23.9. The SMILES string of the molecule is CCN1C(=O)c2c(nc(NC3CCCCC3)n2Cc2ccc(S(C)(=O)=O)cc2)N2C1=N[C@@H]1CCC[C@@H]12. The molecule has 9 nitrogen and oxygen atoms in total. The molecule has 0 saturated heterocycles. The number of guanidine groups is 1. The predicted molar refractivity (Wildman–Crippen MR) is 139 cm³/mol. The second-order valence-electron chi connectivity index (χ2n) is 10.5. The predicted octanol–water partition coefficient (Wildman–Crippen LogP) is 3.65. The molecule has 1 aromatic carbocycles. The van der Waals surface area contributed by atoms with Crippen molar-refractivity contribution in [2.75, 3.05) is 23.0 Å². The summed E-state index contributed by atoms with van der Waals surface area (Å²) in [4.78, 5) is 28.2.